The monoisotopic (exact) mass is 478 g/mol. The number of alkyl halides is 3. The molecule has 0 aromatic carbocycles. The fourth-order valence-corrected chi connectivity index (χ4v) is 5.54. The minimum Gasteiger partial charge on any atom is -0.402 e. The topological polar surface area (TPSA) is 72.4 Å². The van der Waals surface area contributed by atoms with Gasteiger partial charge in [-0.3, -0.25) is 14.5 Å². The van der Waals surface area contributed by atoms with Crippen LogP contribution < -0.4 is 10.5 Å². The second-order valence-corrected chi connectivity index (χ2v) is 11.2. The van der Waals surface area contributed by atoms with Gasteiger partial charge in [-0.15, -0.1) is 13.2 Å². The molecule has 2 aliphatic heterocycles. The quantitative estimate of drug-likeness (QED) is 0.697. The molecule has 1 saturated carbocycles. The molecule has 3 fully saturated rings. The van der Waals surface area contributed by atoms with Gasteiger partial charge in [0.15, 0.2) is 11.6 Å². The molecule has 7 nitrogen and oxygen atoms in total. The Balaban J connectivity index is 1.31. The van der Waals surface area contributed by atoms with Crippen molar-refractivity contribution in [2.75, 3.05) is 31.9 Å². The summed E-state index contributed by atoms with van der Waals surface area (Å²) >= 11 is 0. The summed E-state index contributed by atoms with van der Waals surface area (Å²) < 4.78 is 44.3. The van der Waals surface area contributed by atoms with Crippen LogP contribution in [0, 0.1) is 11.8 Å². The highest BCUT2D eigenvalue weighted by atomic mass is 19.4. The SMILES string of the molecule is CC(C)n1nc(-c2cnc(N)c(OC(F)(F)F)c2)cc1C1[C@H]2CN(C3CN(C(C)(C)C)C3)C[C@@H]12. The van der Waals surface area contributed by atoms with Crippen molar-refractivity contribution >= 4 is 5.82 Å². The maximum atomic E-state index is 12.7. The summed E-state index contributed by atoms with van der Waals surface area (Å²) in [5.41, 5.74) is 8.02. The van der Waals surface area contributed by atoms with Crippen LogP contribution in [0.2, 0.25) is 0 Å². The van der Waals surface area contributed by atoms with Crippen molar-refractivity contribution < 1.29 is 17.9 Å². The van der Waals surface area contributed by atoms with Crippen molar-refractivity contribution in [2.45, 2.75) is 64.5 Å². The lowest BCUT2D eigenvalue weighted by Crippen LogP contribution is -2.64. The summed E-state index contributed by atoms with van der Waals surface area (Å²) in [4.78, 5) is 9.06. The predicted molar refractivity (Wildman–Crippen MR) is 123 cm³/mol. The number of nitrogen functional groups attached to an aromatic ring is 1. The van der Waals surface area contributed by atoms with Gasteiger partial charge in [-0.25, -0.2) is 4.98 Å². The molecule has 186 valence electrons. The molecular weight excluding hydrogens is 445 g/mol. The lowest BCUT2D eigenvalue weighted by molar-refractivity contribution is -0.274. The number of anilines is 1. The number of likely N-dealkylation sites (tertiary alicyclic amines) is 2. The summed E-state index contributed by atoms with van der Waals surface area (Å²) in [6.07, 6.45) is -3.39. The summed E-state index contributed by atoms with van der Waals surface area (Å²) in [7, 11) is 0. The fourth-order valence-electron chi connectivity index (χ4n) is 5.54. The molecule has 0 radical (unpaired) electrons. The van der Waals surface area contributed by atoms with E-state index in [1.54, 1.807) is 0 Å². The number of ether oxygens (including phenoxy) is 1. The Morgan fingerprint density at radius 3 is 2.26 bits per heavy atom. The van der Waals surface area contributed by atoms with Crippen LogP contribution in [-0.2, 0) is 0 Å². The normalized spacial score (nSPS) is 26.1. The smallest absolute Gasteiger partial charge is 0.402 e. The van der Waals surface area contributed by atoms with E-state index in [2.05, 4.69) is 54.1 Å². The summed E-state index contributed by atoms with van der Waals surface area (Å²) in [6, 6.07) is 4.05. The Morgan fingerprint density at radius 2 is 1.71 bits per heavy atom. The largest absolute Gasteiger partial charge is 0.573 e. The number of nitrogens with two attached hydrogens (primary N) is 1. The molecule has 2 N–H and O–H groups in total. The third kappa shape index (κ3) is 4.26. The Hall–Kier alpha value is -2.33. The number of hydrogen-bond donors (Lipinski definition) is 1. The highest BCUT2D eigenvalue weighted by molar-refractivity contribution is 5.64. The molecule has 0 spiro atoms. The van der Waals surface area contributed by atoms with E-state index in [9.17, 15) is 13.2 Å². The number of nitrogens with zero attached hydrogens (tertiary/aromatic N) is 5. The molecule has 0 bridgehead atoms. The number of halogens is 3. The van der Waals surface area contributed by atoms with Crippen molar-refractivity contribution in [3.05, 3.63) is 24.0 Å². The third-order valence-corrected chi connectivity index (χ3v) is 7.55. The first-order valence-corrected chi connectivity index (χ1v) is 11.9. The molecule has 10 heteroatoms. The first-order valence-electron chi connectivity index (χ1n) is 11.9. The van der Waals surface area contributed by atoms with E-state index in [1.807, 2.05) is 10.7 Å². The van der Waals surface area contributed by atoms with Crippen LogP contribution in [0.4, 0.5) is 19.0 Å². The van der Waals surface area contributed by atoms with E-state index >= 15 is 0 Å². The first-order chi connectivity index (χ1) is 15.8. The molecule has 4 heterocycles. The van der Waals surface area contributed by atoms with Crippen molar-refractivity contribution in [3.8, 4) is 17.0 Å². The van der Waals surface area contributed by atoms with E-state index in [1.165, 1.54) is 12.3 Å². The standard InChI is InChI=1S/C24H33F3N6O/c1-13(2)33-19(7-18(30-33)14-6-20(22(28)29-8-14)34-24(25,26)27)21-16-11-31(12-17(16)21)15-9-32(10-15)23(3,4)5/h6-8,13,15-17,21H,9-12H2,1-5H3,(H2,28,29)/t16-,17+,21?. The second kappa shape index (κ2) is 7.84. The zero-order chi connectivity index (χ0) is 24.6. The molecule has 2 aromatic heterocycles. The molecule has 3 aliphatic rings. The van der Waals surface area contributed by atoms with Gasteiger partial charge in [-0.2, -0.15) is 5.10 Å². The molecule has 34 heavy (non-hydrogen) atoms. The van der Waals surface area contributed by atoms with Crippen LogP contribution in [0.1, 0.15) is 52.3 Å². The van der Waals surface area contributed by atoms with E-state index < -0.39 is 12.1 Å². The van der Waals surface area contributed by atoms with Gasteiger partial charge in [0.05, 0.1) is 5.69 Å². The average molecular weight is 479 g/mol. The Morgan fingerprint density at radius 1 is 1.06 bits per heavy atom. The van der Waals surface area contributed by atoms with Crippen LogP contribution >= 0.6 is 0 Å². The van der Waals surface area contributed by atoms with Gasteiger partial charge in [0.25, 0.3) is 0 Å². The van der Waals surface area contributed by atoms with Crippen molar-refractivity contribution in [1.29, 1.82) is 0 Å². The van der Waals surface area contributed by atoms with Gasteiger partial charge in [0.1, 0.15) is 0 Å². The molecule has 5 rings (SSSR count). The van der Waals surface area contributed by atoms with Gasteiger partial charge in [0.2, 0.25) is 0 Å². The van der Waals surface area contributed by atoms with Crippen LogP contribution in [0.5, 0.6) is 5.75 Å². The number of piperidine rings is 1. The molecule has 2 saturated heterocycles. The number of rotatable bonds is 5. The third-order valence-electron chi connectivity index (χ3n) is 7.55. The van der Waals surface area contributed by atoms with E-state index in [-0.39, 0.29) is 17.4 Å². The molecule has 1 unspecified atom stereocenters. The van der Waals surface area contributed by atoms with Crippen LogP contribution in [0.25, 0.3) is 11.3 Å². The average Bonchev–Trinajstić information content (AvgIpc) is 3.02. The van der Waals surface area contributed by atoms with E-state index in [0.29, 0.717) is 35.1 Å². The number of aromatic nitrogens is 3. The van der Waals surface area contributed by atoms with Gasteiger partial charge in [0, 0.05) is 67.2 Å². The fraction of sp³-hybridized carbons (Fsp3) is 0.667. The van der Waals surface area contributed by atoms with Gasteiger partial charge in [-0.1, -0.05) is 0 Å². The Labute approximate surface area is 198 Å². The summed E-state index contributed by atoms with van der Waals surface area (Å²) in [6.45, 7) is 15.4. The van der Waals surface area contributed by atoms with Crippen molar-refractivity contribution in [2.24, 2.45) is 11.8 Å². The summed E-state index contributed by atoms with van der Waals surface area (Å²) in [5, 5.41) is 4.73. The van der Waals surface area contributed by atoms with E-state index in [4.69, 9.17) is 10.8 Å². The zero-order valence-corrected chi connectivity index (χ0v) is 20.3. The molecular formula is C24H33F3N6O. The molecule has 3 atom stereocenters. The minimum absolute atomic E-state index is 0.140. The Kier molecular flexibility index (Phi) is 5.40. The highest BCUT2D eigenvalue weighted by Gasteiger charge is 2.59. The van der Waals surface area contributed by atoms with Gasteiger partial charge in [-0.05, 0) is 58.6 Å². The lowest BCUT2D eigenvalue weighted by Gasteiger charge is -2.51. The lowest BCUT2D eigenvalue weighted by atomic mass is 9.96. The molecule has 0 amide bonds. The second-order valence-electron chi connectivity index (χ2n) is 11.2. The highest BCUT2D eigenvalue weighted by Crippen LogP contribution is 2.59. The van der Waals surface area contributed by atoms with Gasteiger partial charge >= 0.3 is 6.36 Å². The van der Waals surface area contributed by atoms with Gasteiger partial charge < -0.3 is 10.5 Å². The number of pyridine rings is 1. The van der Waals surface area contributed by atoms with Crippen LogP contribution in [0.15, 0.2) is 18.3 Å². The van der Waals surface area contributed by atoms with Crippen LogP contribution in [0.3, 0.4) is 0 Å². The minimum atomic E-state index is -4.83. The Bertz CT molecular complexity index is 1060. The zero-order valence-electron chi connectivity index (χ0n) is 20.3. The maximum absolute atomic E-state index is 12.7. The molecule has 2 aromatic rings. The number of fused-ring (bicyclic) bond motifs is 1. The number of hydrogen-bond acceptors (Lipinski definition) is 6. The first kappa shape index (κ1) is 23.4. The summed E-state index contributed by atoms with van der Waals surface area (Å²) in [5.74, 6) is 0.849. The molecule has 1 aliphatic carbocycles. The van der Waals surface area contributed by atoms with Crippen LogP contribution in [-0.4, -0.2) is 68.7 Å². The van der Waals surface area contributed by atoms with Crippen molar-refractivity contribution in [1.82, 2.24) is 24.6 Å². The van der Waals surface area contributed by atoms with Crippen molar-refractivity contribution in [3.63, 3.8) is 0 Å². The predicted octanol–water partition coefficient (Wildman–Crippen LogP) is 4.13. The maximum Gasteiger partial charge on any atom is 0.573 e. The van der Waals surface area contributed by atoms with E-state index in [0.717, 1.165) is 31.9 Å².